The third-order valence-corrected chi connectivity index (χ3v) is 3.81. The molecule has 1 aromatic carbocycles. The molecule has 0 radical (unpaired) electrons. The van der Waals surface area contributed by atoms with Crippen molar-refractivity contribution in [3.05, 3.63) is 29.8 Å². The van der Waals surface area contributed by atoms with Gasteiger partial charge in [-0.25, -0.2) is 0 Å². The van der Waals surface area contributed by atoms with E-state index in [0.717, 1.165) is 36.6 Å². The van der Waals surface area contributed by atoms with E-state index >= 15 is 0 Å². The summed E-state index contributed by atoms with van der Waals surface area (Å²) >= 11 is 0. The largest absolute Gasteiger partial charge is 0.385 e. The molecule has 1 saturated carbocycles. The van der Waals surface area contributed by atoms with Crippen LogP contribution in [-0.4, -0.2) is 18.5 Å². The van der Waals surface area contributed by atoms with Crippen LogP contribution in [0.3, 0.4) is 0 Å². The minimum atomic E-state index is 0.0515. The number of anilines is 1. The molecule has 1 aliphatic carbocycles. The van der Waals surface area contributed by atoms with Gasteiger partial charge in [0.15, 0.2) is 0 Å². The molecule has 104 valence electrons. The van der Waals surface area contributed by atoms with Crippen molar-refractivity contribution < 1.29 is 4.79 Å². The Kier molecular flexibility index (Phi) is 4.83. The third-order valence-electron chi connectivity index (χ3n) is 3.81. The zero-order chi connectivity index (χ0) is 13.7. The monoisotopic (exact) mass is 260 g/mol. The van der Waals surface area contributed by atoms with Crippen molar-refractivity contribution >= 4 is 11.6 Å². The summed E-state index contributed by atoms with van der Waals surface area (Å²) in [6.45, 7) is 5.13. The maximum Gasteiger partial charge on any atom is 0.253 e. The highest BCUT2D eigenvalue weighted by Gasteiger charge is 2.21. The maximum absolute atomic E-state index is 12.4. The van der Waals surface area contributed by atoms with Crippen molar-refractivity contribution in [3.8, 4) is 0 Å². The Bertz CT molecular complexity index is 431. The quantitative estimate of drug-likeness (QED) is 0.871. The van der Waals surface area contributed by atoms with E-state index in [-0.39, 0.29) is 5.91 Å². The summed E-state index contributed by atoms with van der Waals surface area (Å²) in [6.07, 6.45) is 4.73. The van der Waals surface area contributed by atoms with E-state index in [1.54, 1.807) is 0 Å². The fraction of sp³-hybridized carbons (Fsp3) is 0.562. The number of hydrogen-bond donors (Lipinski definition) is 2. The molecular formula is C16H24N2O. The molecule has 3 heteroatoms. The first-order chi connectivity index (χ1) is 9.20. The second-order valence-electron chi connectivity index (χ2n) is 5.52. The van der Waals surface area contributed by atoms with Crippen LogP contribution < -0.4 is 10.6 Å². The highest BCUT2D eigenvalue weighted by molar-refractivity contribution is 5.99. The van der Waals surface area contributed by atoms with Crippen LogP contribution in [0.2, 0.25) is 0 Å². The number of carbonyl (C=O) groups is 1. The van der Waals surface area contributed by atoms with Crippen molar-refractivity contribution in [2.45, 2.75) is 45.6 Å². The lowest BCUT2D eigenvalue weighted by atomic mass is 9.87. The maximum atomic E-state index is 12.4. The van der Waals surface area contributed by atoms with Gasteiger partial charge in [0.05, 0.1) is 5.56 Å². The van der Waals surface area contributed by atoms with Crippen LogP contribution in [0.4, 0.5) is 5.69 Å². The minimum absolute atomic E-state index is 0.0515. The zero-order valence-electron chi connectivity index (χ0n) is 11.9. The molecule has 19 heavy (non-hydrogen) atoms. The predicted octanol–water partition coefficient (Wildman–Crippen LogP) is 3.43. The van der Waals surface area contributed by atoms with E-state index in [2.05, 4.69) is 17.6 Å². The molecule has 2 atom stereocenters. The highest BCUT2D eigenvalue weighted by atomic mass is 16.1. The summed E-state index contributed by atoms with van der Waals surface area (Å²) in [7, 11) is 0. The van der Waals surface area contributed by atoms with Crippen LogP contribution in [0.15, 0.2) is 24.3 Å². The van der Waals surface area contributed by atoms with Gasteiger partial charge in [-0.2, -0.15) is 0 Å². The van der Waals surface area contributed by atoms with Crippen molar-refractivity contribution in [1.82, 2.24) is 5.32 Å². The third kappa shape index (κ3) is 3.72. The standard InChI is InChI=1S/C16H24N2O/c1-3-17-15-10-5-4-9-14(15)16(19)18-13-8-6-7-12(2)11-13/h4-5,9-10,12-13,17H,3,6-8,11H2,1-2H3,(H,18,19). The zero-order valence-corrected chi connectivity index (χ0v) is 11.9. The van der Waals surface area contributed by atoms with Crippen molar-refractivity contribution in [1.29, 1.82) is 0 Å². The van der Waals surface area contributed by atoms with Gasteiger partial charge in [-0.05, 0) is 37.8 Å². The Labute approximate surface area is 115 Å². The SMILES string of the molecule is CCNc1ccccc1C(=O)NC1CCCC(C)C1. The van der Waals surface area contributed by atoms with Crippen molar-refractivity contribution in [2.24, 2.45) is 5.92 Å². The number of para-hydroxylation sites is 1. The number of benzene rings is 1. The molecule has 0 bridgehead atoms. The normalized spacial score (nSPS) is 22.8. The smallest absolute Gasteiger partial charge is 0.253 e. The van der Waals surface area contributed by atoms with E-state index in [9.17, 15) is 4.79 Å². The lowest BCUT2D eigenvalue weighted by molar-refractivity contribution is 0.0922. The molecule has 1 fully saturated rings. The first-order valence-electron chi connectivity index (χ1n) is 7.34. The molecule has 0 spiro atoms. The Morgan fingerprint density at radius 3 is 2.84 bits per heavy atom. The number of amides is 1. The summed E-state index contributed by atoms with van der Waals surface area (Å²) in [5.74, 6) is 0.777. The fourth-order valence-electron chi connectivity index (χ4n) is 2.85. The van der Waals surface area contributed by atoms with Crippen LogP contribution in [-0.2, 0) is 0 Å². The van der Waals surface area contributed by atoms with E-state index in [0.29, 0.717) is 6.04 Å². The fourth-order valence-corrected chi connectivity index (χ4v) is 2.85. The van der Waals surface area contributed by atoms with Gasteiger partial charge >= 0.3 is 0 Å². The van der Waals surface area contributed by atoms with Crippen molar-refractivity contribution in [3.63, 3.8) is 0 Å². The number of nitrogens with one attached hydrogen (secondary N) is 2. The Hall–Kier alpha value is -1.51. The van der Waals surface area contributed by atoms with Gasteiger partial charge in [0, 0.05) is 18.3 Å². The highest BCUT2D eigenvalue weighted by Crippen LogP contribution is 2.24. The van der Waals surface area contributed by atoms with Gasteiger partial charge in [0.1, 0.15) is 0 Å². The van der Waals surface area contributed by atoms with Gasteiger partial charge in [-0.15, -0.1) is 0 Å². The number of rotatable bonds is 4. The molecule has 1 aliphatic rings. The number of carbonyl (C=O) groups excluding carboxylic acids is 1. The van der Waals surface area contributed by atoms with Crippen LogP contribution in [0.1, 0.15) is 49.9 Å². The van der Waals surface area contributed by atoms with E-state index < -0.39 is 0 Å². The second-order valence-corrected chi connectivity index (χ2v) is 5.52. The molecule has 0 saturated heterocycles. The lowest BCUT2D eigenvalue weighted by Crippen LogP contribution is -2.38. The topological polar surface area (TPSA) is 41.1 Å². The van der Waals surface area contributed by atoms with Gasteiger partial charge < -0.3 is 10.6 Å². The van der Waals surface area contributed by atoms with E-state index in [4.69, 9.17) is 0 Å². The molecule has 2 unspecified atom stereocenters. The molecule has 1 aromatic rings. The van der Waals surface area contributed by atoms with Gasteiger partial charge in [0.25, 0.3) is 5.91 Å². The molecule has 2 rings (SSSR count). The minimum Gasteiger partial charge on any atom is -0.385 e. The molecule has 3 nitrogen and oxygen atoms in total. The molecule has 2 N–H and O–H groups in total. The molecular weight excluding hydrogens is 236 g/mol. The first-order valence-corrected chi connectivity index (χ1v) is 7.34. The molecule has 0 heterocycles. The van der Waals surface area contributed by atoms with Crippen LogP contribution in [0, 0.1) is 5.92 Å². The average Bonchev–Trinajstić information content (AvgIpc) is 2.39. The van der Waals surface area contributed by atoms with Crippen LogP contribution in [0.25, 0.3) is 0 Å². The summed E-state index contributed by atoms with van der Waals surface area (Å²) in [4.78, 5) is 12.4. The number of hydrogen-bond acceptors (Lipinski definition) is 2. The summed E-state index contributed by atoms with van der Waals surface area (Å²) < 4.78 is 0. The van der Waals surface area contributed by atoms with Gasteiger partial charge in [0.2, 0.25) is 0 Å². The Morgan fingerprint density at radius 2 is 2.11 bits per heavy atom. The van der Waals surface area contributed by atoms with Gasteiger partial charge in [-0.1, -0.05) is 31.9 Å². The Morgan fingerprint density at radius 1 is 1.32 bits per heavy atom. The Balaban J connectivity index is 2.03. The summed E-state index contributed by atoms with van der Waals surface area (Å²) in [5.41, 5.74) is 1.67. The van der Waals surface area contributed by atoms with E-state index in [1.807, 2.05) is 31.2 Å². The average molecular weight is 260 g/mol. The van der Waals surface area contributed by atoms with Gasteiger partial charge in [-0.3, -0.25) is 4.79 Å². The lowest BCUT2D eigenvalue weighted by Gasteiger charge is -2.27. The van der Waals surface area contributed by atoms with Crippen LogP contribution >= 0.6 is 0 Å². The van der Waals surface area contributed by atoms with Crippen LogP contribution in [0.5, 0.6) is 0 Å². The first kappa shape index (κ1) is 13.9. The molecule has 0 aliphatic heterocycles. The van der Waals surface area contributed by atoms with E-state index in [1.165, 1.54) is 12.8 Å². The summed E-state index contributed by atoms with van der Waals surface area (Å²) in [6, 6.07) is 8.06. The van der Waals surface area contributed by atoms with Crippen molar-refractivity contribution in [2.75, 3.05) is 11.9 Å². The predicted molar refractivity (Wildman–Crippen MR) is 79.5 cm³/mol. The second kappa shape index (κ2) is 6.60. The molecule has 0 aromatic heterocycles. The molecule has 1 amide bonds. The summed E-state index contributed by atoms with van der Waals surface area (Å²) in [5, 5.41) is 6.43.